The van der Waals surface area contributed by atoms with E-state index in [9.17, 15) is 9.59 Å². The fourth-order valence-corrected chi connectivity index (χ4v) is 3.65. The number of benzene rings is 2. The number of carbonyl (C=O) groups is 2. The van der Waals surface area contributed by atoms with E-state index in [0.717, 1.165) is 16.9 Å². The molecule has 0 spiro atoms. The number of urea groups is 1. The van der Waals surface area contributed by atoms with Crippen LogP contribution in [0.15, 0.2) is 48.5 Å². The van der Waals surface area contributed by atoms with Gasteiger partial charge in [0.15, 0.2) is 5.13 Å². The molecule has 3 aromatic rings. The zero-order valence-corrected chi connectivity index (χ0v) is 17.1. The molecule has 3 rings (SSSR count). The number of hydrogen-bond donors (Lipinski definition) is 3. The van der Waals surface area contributed by atoms with Crippen molar-refractivity contribution in [2.24, 2.45) is 0 Å². The highest BCUT2D eigenvalue weighted by Gasteiger charge is 2.17. The Morgan fingerprint density at radius 3 is 2.61 bits per heavy atom. The van der Waals surface area contributed by atoms with Gasteiger partial charge < -0.3 is 10.6 Å². The van der Waals surface area contributed by atoms with Crippen molar-refractivity contribution in [1.82, 2.24) is 10.3 Å². The van der Waals surface area contributed by atoms with Gasteiger partial charge in [-0.2, -0.15) is 0 Å². The van der Waals surface area contributed by atoms with Crippen molar-refractivity contribution in [3.05, 3.63) is 74.7 Å². The molecule has 0 saturated heterocycles. The molecular formula is C19H16Cl2N4O2S. The highest BCUT2D eigenvalue weighted by atomic mass is 35.5. The van der Waals surface area contributed by atoms with Crippen molar-refractivity contribution in [3.63, 3.8) is 0 Å². The minimum atomic E-state index is -0.473. The normalized spacial score (nSPS) is 10.4. The van der Waals surface area contributed by atoms with E-state index in [-0.39, 0.29) is 5.91 Å². The number of aryl methyl sites for hydroxylation is 1. The lowest BCUT2D eigenvalue weighted by molar-refractivity contribution is 0.0954. The fraction of sp³-hybridized carbons (Fsp3) is 0.105. The second-order valence-electron chi connectivity index (χ2n) is 5.80. The van der Waals surface area contributed by atoms with Gasteiger partial charge in [0.05, 0.1) is 5.69 Å². The third kappa shape index (κ3) is 5.22. The quantitative estimate of drug-likeness (QED) is 0.507. The van der Waals surface area contributed by atoms with E-state index in [0.29, 0.717) is 38.0 Å². The molecule has 3 N–H and O–H groups in total. The lowest BCUT2D eigenvalue weighted by Gasteiger charge is -2.06. The van der Waals surface area contributed by atoms with Gasteiger partial charge in [-0.15, -0.1) is 0 Å². The molecule has 3 amide bonds. The summed E-state index contributed by atoms with van der Waals surface area (Å²) >= 11 is 13.1. The third-order valence-electron chi connectivity index (χ3n) is 3.70. The molecule has 0 aliphatic carbocycles. The van der Waals surface area contributed by atoms with Crippen LogP contribution in [0.4, 0.5) is 15.6 Å². The molecule has 28 heavy (non-hydrogen) atoms. The molecule has 6 nitrogen and oxygen atoms in total. The summed E-state index contributed by atoms with van der Waals surface area (Å²) in [7, 11) is 0. The highest BCUT2D eigenvalue weighted by molar-refractivity contribution is 7.17. The molecule has 0 saturated carbocycles. The number of halogens is 2. The summed E-state index contributed by atoms with van der Waals surface area (Å²) in [6.45, 7) is 2.01. The maximum Gasteiger partial charge on any atom is 0.325 e. The molecule has 1 heterocycles. The zero-order valence-electron chi connectivity index (χ0n) is 14.8. The van der Waals surface area contributed by atoms with Crippen molar-refractivity contribution in [1.29, 1.82) is 0 Å². The van der Waals surface area contributed by atoms with Gasteiger partial charge in [0, 0.05) is 22.3 Å². The largest absolute Gasteiger partial charge is 0.347 e. The number of thiazole rings is 1. The number of nitrogens with zero attached hydrogens (tertiary/aromatic N) is 1. The second-order valence-corrected chi connectivity index (χ2v) is 7.64. The zero-order chi connectivity index (χ0) is 20.1. The van der Waals surface area contributed by atoms with Crippen LogP contribution in [-0.2, 0) is 6.54 Å². The summed E-state index contributed by atoms with van der Waals surface area (Å²) < 4.78 is 0. The summed E-state index contributed by atoms with van der Waals surface area (Å²) in [6.07, 6.45) is 0. The SMILES string of the molecule is Cc1nc(NC(=O)Nc2cccc(Cl)c2)sc1C(=O)NCc1ccccc1Cl. The highest BCUT2D eigenvalue weighted by Crippen LogP contribution is 2.23. The van der Waals surface area contributed by atoms with E-state index in [1.807, 2.05) is 18.2 Å². The number of anilines is 2. The molecule has 0 radical (unpaired) electrons. The Morgan fingerprint density at radius 2 is 1.86 bits per heavy atom. The molecule has 0 aliphatic heterocycles. The van der Waals surface area contributed by atoms with Gasteiger partial charge in [0.2, 0.25) is 0 Å². The van der Waals surface area contributed by atoms with Crippen molar-refractivity contribution in [2.45, 2.75) is 13.5 Å². The predicted molar refractivity (Wildman–Crippen MR) is 114 cm³/mol. The number of rotatable bonds is 5. The van der Waals surface area contributed by atoms with E-state index in [1.54, 1.807) is 37.3 Å². The molecule has 2 aromatic carbocycles. The third-order valence-corrected chi connectivity index (χ3v) is 5.38. The van der Waals surface area contributed by atoms with Crippen LogP contribution in [0.25, 0.3) is 0 Å². The first kappa shape index (κ1) is 20.1. The fourth-order valence-electron chi connectivity index (χ4n) is 2.38. The first-order valence-corrected chi connectivity index (χ1v) is 9.82. The van der Waals surface area contributed by atoms with E-state index < -0.39 is 6.03 Å². The molecular weight excluding hydrogens is 419 g/mol. The Kier molecular flexibility index (Phi) is 6.51. The van der Waals surface area contributed by atoms with Crippen LogP contribution in [0, 0.1) is 6.92 Å². The molecule has 0 aliphatic rings. The van der Waals surface area contributed by atoms with Gasteiger partial charge in [-0.25, -0.2) is 9.78 Å². The van der Waals surface area contributed by atoms with Gasteiger partial charge >= 0.3 is 6.03 Å². The van der Waals surface area contributed by atoms with Crippen LogP contribution in [-0.4, -0.2) is 16.9 Å². The molecule has 144 valence electrons. The average Bonchev–Trinajstić information content (AvgIpc) is 3.01. The maximum atomic E-state index is 12.5. The Morgan fingerprint density at radius 1 is 1.07 bits per heavy atom. The van der Waals surface area contributed by atoms with Gasteiger partial charge in [-0.05, 0) is 36.8 Å². The standard InChI is InChI=1S/C19H16Cl2N4O2S/c1-11-16(17(26)22-10-12-5-2-3-8-15(12)21)28-19(23-11)25-18(27)24-14-7-4-6-13(20)9-14/h2-9H,10H2,1H3,(H,22,26)(H2,23,24,25,27). The Labute approximate surface area is 175 Å². The number of amides is 3. The molecule has 1 aromatic heterocycles. The second kappa shape index (κ2) is 9.05. The Bertz CT molecular complexity index is 1020. The van der Waals surface area contributed by atoms with E-state index >= 15 is 0 Å². The van der Waals surface area contributed by atoms with Gasteiger partial charge in [-0.3, -0.25) is 10.1 Å². The number of nitrogens with one attached hydrogen (secondary N) is 3. The predicted octanol–water partition coefficient (Wildman–Crippen LogP) is 5.33. The smallest absolute Gasteiger partial charge is 0.325 e. The summed E-state index contributed by atoms with van der Waals surface area (Å²) in [5, 5.41) is 9.52. The molecule has 9 heteroatoms. The van der Waals surface area contributed by atoms with Crippen LogP contribution >= 0.6 is 34.5 Å². The lowest BCUT2D eigenvalue weighted by atomic mass is 10.2. The van der Waals surface area contributed by atoms with Gasteiger partial charge in [0.1, 0.15) is 4.88 Å². The topological polar surface area (TPSA) is 83.1 Å². The molecule has 0 unspecified atom stereocenters. The monoisotopic (exact) mass is 434 g/mol. The minimum Gasteiger partial charge on any atom is -0.347 e. The number of carbonyl (C=O) groups excluding carboxylic acids is 2. The summed E-state index contributed by atoms with van der Waals surface area (Å²) in [4.78, 5) is 29.2. The van der Waals surface area contributed by atoms with E-state index in [1.165, 1.54) is 0 Å². The Hall–Kier alpha value is -2.61. The summed E-state index contributed by atoms with van der Waals surface area (Å²) in [5.74, 6) is -0.279. The maximum absolute atomic E-state index is 12.5. The minimum absolute atomic E-state index is 0.279. The first-order chi connectivity index (χ1) is 13.4. The van der Waals surface area contributed by atoms with Gasteiger partial charge in [0.25, 0.3) is 5.91 Å². The lowest BCUT2D eigenvalue weighted by Crippen LogP contribution is -2.22. The van der Waals surface area contributed by atoms with Crippen LogP contribution in [0.1, 0.15) is 20.9 Å². The van der Waals surface area contributed by atoms with Crippen LogP contribution < -0.4 is 16.0 Å². The molecule has 0 bridgehead atoms. The van der Waals surface area contributed by atoms with Crippen molar-refractivity contribution < 1.29 is 9.59 Å². The summed E-state index contributed by atoms with van der Waals surface area (Å²) in [6, 6.07) is 13.6. The van der Waals surface area contributed by atoms with Crippen LogP contribution in [0.2, 0.25) is 10.0 Å². The Balaban J connectivity index is 1.61. The van der Waals surface area contributed by atoms with Crippen LogP contribution in [0.5, 0.6) is 0 Å². The van der Waals surface area contributed by atoms with Crippen LogP contribution in [0.3, 0.4) is 0 Å². The van der Waals surface area contributed by atoms with E-state index in [2.05, 4.69) is 20.9 Å². The van der Waals surface area contributed by atoms with Gasteiger partial charge in [-0.1, -0.05) is 58.8 Å². The van der Waals surface area contributed by atoms with Crippen molar-refractivity contribution >= 4 is 57.3 Å². The van der Waals surface area contributed by atoms with Crippen molar-refractivity contribution in [3.8, 4) is 0 Å². The molecule has 0 fully saturated rings. The van der Waals surface area contributed by atoms with E-state index in [4.69, 9.17) is 23.2 Å². The first-order valence-electron chi connectivity index (χ1n) is 8.25. The number of aromatic nitrogens is 1. The summed E-state index contributed by atoms with van der Waals surface area (Å²) in [5.41, 5.74) is 1.90. The number of hydrogen-bond acceptors (Lipinski definition) is 4. The average molecular weight is 435 g/mol. The van der Waals surface area contributed by atoms with Crippen molar-refractivity contribution in [2.75, 3.05) is 10.6 Å². The molecule has 0 atom stereocenters.